The molecule has 0 N–H and O–H groups in total. The van der Waals surface area contributed by atoms with Crippen LogP contribution in [0.5, 0.6) is 11.5 Å². The van der Waals surface area contributed by atoms with E-state index in [1.54, 1.807) is 11.3 Å². The fourth-order valence-electron chi connectivity index (χ4n) is 10.1. The molecule has 3 nitrogen and oxygen atoms in total. The van der Waals surface area contributed by atoms with Gasteiger partial charge in [-0.25, -0.2) is 9.97 Å². The number of hydrogen-bond acceptors (Lipinski definition) is 4. The Balaban J connectivity index is 0.958. The standard InChI is InChI=1S/C57H34N2OS/c1-2-17-40-36(14-1)15-13-21-44(40)56-58-53(55-54(59-56)45-20-6-12-27-52(45)61-55)43-19-4-3-16-39(43)37-30-28-35(29-31-37)38-32-33-42-41-18-5-7-22-46(41)57(49(42)34-38)47-23-8-10-25-50(47)60-51-26-11-9-24-48(51)57/h1-34H. The summed E-state index contributed by atoms with van der Waals surface area (Å²) in [6, 6.07) is 74.2. The van der Waals surface area contributed by atoms with E-state index in [9.17, 15) is 0 Å². The maximum absolute atomic E-state index is 6.58. The first-order valence-corrected chi connectivity index (χ1v) is 21.5. The molecule has 0 atom stereocenters. The molecule has 1 aliphatic heterocycles. The second-order valence-corrected chi connectivity index (χ2v) is 17.0. The number of para-hydroxylation sites is 2. The molecule has 0 amide bonds. The fourth-order valence-corrected chi connectivity index (χ4v) is 11.3. The molecule has 2 aliphatic rings. The highest BCUT2D eigenvalue weighted by atomic mass is 32.1. The molecule has 0 fully saturated rings. The lowest BCUT2D eigenvalue weighted by Gasteiger charge is -2.39. The van der Waals surface area contributed by atoms with Crippen LogP contribution in [0.25, 0.3) is 87.1 Å². The van der Waals surface area contributed by atoms with Crippen LogP contribution in [0, 0.1) is 0 Å². The summed E-state index contributed by atoms with van der Waals surface area (Å²) in [7, 11) is 0. The van der Waals surface area contributed by atoms with E-state index in [1.807, 2.05) is 0 Å². The summed E-state index contributed by atoms with van der Waals surface area (Å²) in [6.07, 6.45) is 0. The Morgan fingerprint density at radius 1 is 0.393 bits per heavy atom. The van der Waals surface area contributed by atoms with Crippen LogP contribution in [-0.4, -0.2) is 9.97 Å². The van der Waals surface area contributed by atoms with E-state index in [1.165, 1.54) is 49.0 Å². The van der Waals surface area contributed by atoms with Gasteiger partial charge >= 0.3 is 0 Å². The fraction of sp³-hybridized carbons (Fsp3) is 0.0175. The van der Waals surface area contributed by atoms with Crippen LogP contribution in [0.3, 0.4) is 0 Å². The van der Waals surface area contributed by atoms with Crippen molar-refractivity contribution in [2.24, 2.45) is 0 Å². The molecular weight excluding hydrogens is 761 g/mol. The SMILES string of the molecule is c1ccc2c(c1)Oc1ccccc1C21c2ccccc2-c2ccc(-c3ccc(-c4ccccc4-c4nc(-c5cccc6ccccc56)nc5c4sc4ccccc45)cc3)cc21. The van der Waals surface area contributed by atoms with E-state index in [-0.39, 0.29) is 0 Å². The summed E-state index contributed by atoms with van der Waals surface area (Å²) < 4.78 is 8.88. The Kier molecular flexibility index (Phi) is 7.39. The molecule has 4 heteroatoms. The lowest BCUT2D eigenvalue weighted by molar-refractivity contribution is 0.436. The van der Waals surface area contributed by atoms with Crippen molar-refractivity contribution in [1.29, 1.82) is 0 Å². The van der Waals surface area contributed by atoms with E-state index in [0.29, 0.717) is 0 Å². The second-order valence-electron chi connectivity index (χ2n) is 16.0. The second kappa shape index (κ2) is 13.2. The zero-order chi connectivity index (χ0) is 40.1. The number of aromatic nitrogens is 2. The molecule has 0 saturated heterocycles. The molecule has 0 radical (unpaired) electrons. The molecule has 13 rings (SSSR count). The van der Waals surface area contributed by atoms with Crippen molar-refractivity contribution in [2.75, 3.05) is 0 Å². The molecule has 284 valence electrons. The zero-order valence-corrected chi connectivity index (χ0v) is 33.7. The van der Waals surface area contributed by atoms with Crippen molar-refractivity contribution in [2.45, 2.75) is 5.41 Å². The van der Waals surface area contributed by atoms with Crippen molar-refractivity contribution in [3.05, 3.63) is 229 Å². The van der Waals surface area contributed by atoms with Gasteiger partial charge in [0.15, 0.2) is 5.82 Å². The van der Waals surface area contributed by atoms with Gasteiger partial charge in [-0.05, 0) is 79.5 Å². The Morgan fingerprint density at radius 3 is 1.77 bits per heavy atom. The van der Waals surface area contributed by atoms with Crippen LogP contribution < -0.4 is 4.74 Å². The first-order valence-electron chi connectivity index (χ1n) is 20.7. The molecule has 1 aliphatic carbocycles. The predicted octanol–water partition coefficient (Wildman–Crippen LogP) is 15.1. The van der Waals surface area contributed by atoms with Gasteiger partial charge in [0.1, 0.15) is 11.5 Å². The summed E-state index contributed by atoms with van der Waals surface area (Å²) in [5.41, 5.74) is 15.6. The van der Waals surface area contributed by atoms with E-state index in [2.05, 4.69) is 206 Å². The van der Waals surface area contributed by atoms with Gasteiger partial charge in [0, 0.05) is 32.3 Å². The van der Waals surface area contributed by atoms with Gasteiger partial charge in [0.25, 0.3) is 0 Å². The molecule has 11 aromatic rings. The van der Waals surface area contributed by atoms with E-state index in [4.69, 9.17) is 14.7 Å². The lowest BCUT2D eigenvalue weighted by Crippen LogP contribution is -2.32. The number of rotatable bonds is 4. The van der Waals surface area contributed by atoms with Crippen LogP contribution in [0.15, 0.2) is 206 Å². The number of benzene rings is 9. The molecular formula is C57H34N2OS. The average molecular weight is 795 g/mol. The van der Waals surface area contributed by atoms with E-state index in [0.717, 1.165) is 71.8 Å². The van der Waals surface area contributed by atoms with Crippen LogP contribution in [0.4, 0.5) is 0 Å². The number of thiophene rings is 1. The maximum atomic E-state index is 6.58. The van der Waals surface area contributed by atoms with Crippen molar-refractivity contribution in [3.63, 3.8) is 0 Å². The monoisotopic (exact) mass is 794 g/mol. The van der Waals surface area contributed by atoms with Crippen molar-refractivity contribution < 1.29 is 4.74 Å². The van der Waals surface area contributed by atoms with Crippen LogP contribution in [0.2, 0.25) is 0 Å². The number of ether oxygens (including phenoxy) is 1. The van der Waals surface area contributed by atoms with Gasteiger partial charge in [0.2, 0.25) is 0 Å². The van der Waals surface area contributed by atoms with Gasteiger partial charge in [-0.3, -0.25) is 0 Å². The smallest absolute Gasteiger partial charge is 0.161 e. The molecule has 1 spiro atoms. The minimum Gasteiger partial charge on any atom is -0.457 e. The summed E-state index contributed by atoms with van der Waals surface area (Å²) >= 11 is 1.77. The van der Waals surface area contributed by atoms with Crippen molar-refractivity contribution >= 4 is 42.4 Å². The van der Waals surface area contributed by atoms with Crippen LogP contribution in [0.1, 0.15) is 22.3 Å². The number of hydrogen-bond donors (Lipinski definition) is 0. The number of nitrogens with zero attached hydrogens (tertiary/aromatic N) is 2. The predicted molar refractivity (Wildman–Crippen MR) is 252 cm³/mol. The molecule has 0 saturated carbocycles. The first kappa shape index (κ1) is 34.2. The third-order valence-electron chi connectivity index (χ3n) is 12.8. The van der Waals surface area contributed by atoms with E-state index >= 15 is 0 Å². The molecule has 61 heavy (non-hydrogen) atoms. The highest BCUT2D eigenvalue weighted by molar-refractivity contribution is 7.26. The molecule has 2 aromatic heterocycles. The minimum absolute atomic E-state index is 0.507. The largest absolute Gasteiger partial charge is 0.457 e. The van der Waals surface area contributed by atoms with Crippen LogP contribution >= 0.6 is 11.3 Å². The van der Waals surface area contributed by atoms with Gasteiger partial charge in [0.05, 0.1) is 21.3 Å². The van der Waals surface area contributed by atoms with Gasteiger partial charge in [-0.2, -0.15) is 0 Å². The summed E-state index contributed by atoms with van der Waals surface area (Å²) in [5, 5.41) is 3.47. The third kappa shape index (κ3) is 4.97. The molecule has 3 heterocycles. The molecule has 9 aromatic carbocycles. The Hall–Kier alpha value is -7.66. The van der Waals surface area contributed by atoms with E-state index < -0.39 is 5.41 Å². The highest BCUT2D eigenvalue weighted by Gasteiger charge is 2.51. The zero-order valence-electron chi connectivity index (χ0n) is 32.8. The Bertz CT molecular complexity index is 3530. The topological polar surface area (TPSA) is 35.0 Å². The van der Waals surface area contributed by atoms with Gasteiger partial charge in [-0.15, -0.1) is 11.3 Å². The van der Waals surface area contributed by atoms with Crippen molar-refractivity contribution in [1.82, 2.24) is 9.97 Å². The summed E-state index contributed by atoms with van der Waals surface area (Å²) in [4.78, 5) is 10.8. The summed E-state index contributed by atoms with van der Waals surface area (Å²) in [5.74, 6) is 2.54. The van der Waals surface area contributed by atoms with Gasteiger partial charge in [-0.1, -0.05) is 182 Å². The Labute approximate surface area is 356 Å². The lowest BCUT2D eigenvalue weighted by atomic mass is 9.66. The maximum Gasteiger partial charge on any atom is 0.161 e. The highest BCUT2D eigenvalue weighted by Crippen LogP contribution is 2.62. The third-order valence-corrected chi connectivity index (χ3v) is 14.0. The van der Waals surface area contributed by atoms with Crippen molar-refractivity contribution in [3.8, 4) is 67.5 Å². The van der Waals surface area contributed by atoms with Gasteiger partial charge < -0.3 is 4.74 Å². The first-order chi connectivity index (χ1) is 30.2. The number of fused-ring (bicyclic) bond motifs is 13. The van der Waals surface area contributed by atoms with Crippen LogP contribution in [-0.2, 0) is 5.41 Å². The average Bonchev–Trinajstić information content (AvgIpc) is 3.85. The minimum atomic E-state index is -0.507. The molecule has 0 unspecified atom stereocenters. The molecule has 0 bridgehead atoms. The quantitative estimate of drug-likeness (QED) is 0.178. The summed E-state index contributed by atoms with van der Waals surface area (Å²) in [6.45, 7) is 0. The Morgan fingerprint density at radius 2 is 0.967 bits per heavy atom. The normalized spacial score (nSPS) is 13.2.